The van der Waals surface area contributed by atoms with Crippen molar-refractivity contribution in [2.75, 3.05) is 39.3 Å². The average Bonchev–Trinajstić information content (AvgIpc) is 3.48. The van der Waals surface area contributed by atoms with Crippen LogP contribution in [-0.2, 0) is 0 Å². The molecule has 3 fully saturated rings. The fourth-order valence-electron chi connectivity index (χ4n) is 3.84. The first kappa shape index (κ1) is 20.1. The Morgan fingerprint density at radius 2 is 1.57 bits per heavy atom. The maximum Gasteiger partial charge on any atom is 0.207 e. The molecule has 2 aliphatic carbocycles. The van der Waals surface area contributed by atoms with Crippen molar-refractivity contribution in [2.24, 2.45) is 4.99 Å². The van der Waals surface area contributed by atoms with Crippen molar-refractivity contribution in [3.8, 4) is 0 Å². The largest absolute Gasteiger partial charge is 0.340 e. The van der Waals surface area contributed by atoms with Gasteiger partial charge < -0.3 is 4.90 Å². The van der Waals surface area contributed by atoms with Crippen LogP contribution in [0.3, 0.4) is 0 Å². The van der Waals surface area contributed by atoms with E-state index in [4.69, 9.17) is 4.99 Å². The molecule has 0 spiro atoms. The SMILES string of the molecule is C1CC1.CC(C)c1ccc(SN2CCN=C2N2CCN(C3CCC3)CC2)cc1. The number of aliphatic imine (C=N–C) groups is 1. The zero-order chi connectivity index (χ0) is 19.3. The zero-order valence-corrected chi connectivity index (χ0v) is 18.5. The smallest absolute Gasteiger partial charge is 0.207 e. The van der Waals surface area contributed by atoms with Gasteiger partial charge in [-0.15, -0.1) is 0 Å². The summed E-state index contributed by atoms with van der Waals surface area (Å²) in [7, 11) is 0. The summed E-state index contributed by atoms with van der Waals surface area (Å²) in [6, 6.07) is 9.90. The summed E-state index contributed by atoms with van der Waals surface area (Å²) in [5.74, 6) is 1.79. The predicted octanol–water partition coefficient (Wildman–Crippen LogP) is 4.83. The number of benzene rings is 1. The quantitative estimate of drug-likeness (QED) is 0.675. The third-order valence-electron chi connectivity index (χ3n) is 6.08. The van der Waals surface area contributed by atoms with Gasteiger partial charge in [0.05, 0.1) is 13.1 Å². The highest BCUT2D eigenvalue weighted by Gasteiger charge is 2.31. The van der Waals surface area contributed by atoms with Gasteiger partial charge >= 0.3 is 0 Å². The fourth-order valence-corrected chi connectivity index (χ4v) is 4.78. The van der Waals surface area contributed by atoms with Crippen LogP contribution in [0, 0.1) is 0 Å². The molecule has 2 heterocycles. The van der Waals surface area contributed by atoms with Gasteiger partial charge in [0.1, 0.15) is 0 Å². The molecule has 0 aromatic heterocycles. The molecule has 0 radical (unpaired) electrons. The second-order valence-corrected chi connectivity index (χ2v) is 9.86. The predicted molar refractivity (Wildman–Crippen MR) is 120 cm³/mol. The lowest BCUT2D eigenvalue weighted by Crippen LogP contribution is -2.55. The van der Waals surface area contributed by atoms with Crippen molar-refractivity contribution in [2.45, 2.75) is 69.2 Å². The van der Waals surface area contributed by atoms with E-state index in [1.165, 1.54) is 68.0 Å². The van der Waals surface area contributed by atoms with Crippen molar-refractivity contribution < 1.29 is 0 Å². The van der Waals surface area contributed by atoms with Crippen LogP contribution in [0.15, 0.2) is 34.2 Å². The summed E-state index contributed by atoms with van der Waals surface area (Å²) in [4.78, 5) is 11.3. The average molecular weight is 401 g/mol. The van der Waals surface area contributed by atoms with Gasteiger partial charge in [-0.25, -0.2) is 0 Å². The van der Waals surface area contributed by atoms with E-state index < -0.39 is 0 Å². The van der Waals surface area contributed by atoms with Gasteiger partial charge in [0, 0.05) is 37.1 Å². The molecule has 1 saturated heterocycles. The number of hydrogen-bond acceptors (Lipinski definition) is 5. The van der Waals surface area contributed by atoms with Crippen LogP contribution in [0.1, 0.15) is 63.9 Å². The molecule has 5 rings (SSSR count). The second kappa shape index (κ2) is 9.53. The van der Waals surface area contributed by atoms with E-state index in [0.717, 1.165) is 32.2 Å². The Morgan fingerprint density at radius 3 is 2.11 bits per heavy atom. The first-order chi connectivity index (χ1) is 13.7. The highest BCUT2D eigenvalue weighted by molar-refractivity contribution is 7.97. The highest BCUT2D eigenvalue weighted by atomic mass is 32.2. The van der Waals surface area contributed by atoms with Crippen LogP contribution in [0.2, 0.25) is 0 Å². The molecule has 0 unspecified atom stereocenters. The maximum atomic E-state index is 4.82. The van der Waals surface area contributed by atoms with Crippen LogP contribution in [0.5, 0.6) is 0 Å². The molecule has 1 aromatic carbocycles. The standard InChI is InChI=1S/C20H30N4S.C3H6/c1-16(2)17-6-8-19(9-7-17)25-24-11-10-21-20(24)23-14-12-22(13-15-23)18-4-3-5-18;1-2-3-1/h6-9,16,18H,3-5,10-15H2,1-2H3;1-3H2. The topological polar surface area (TPSA) is 22.1 Å². The molecule has 5 heteroatoms. The summed E-state index contributed by atoms with van der Waals surface area (Å²) in [6.45, 7) is 11.1. The maximum absolute atomic E-state index is 4.82. The Labute approximate surface area is 175 Å². The molecular formula is C23H36N4S. The minimum Gasteiger partial charge on any atom is -0.340 e. The monoisotopic (exact) mass is 400 g/mol. The number of hydrogen-bond donors (Lipinski definition) is 0. The zero-order valence-electron chi connectivity index (χ0n) is 17.6. The van der Waals surface area contributed by atoms with Gasteiger partial charge in [0.25, 0.3) is 0 Å². The molecular weight excluding hydrogens is 364 g/mol. The summed E-state index contributed by atoms with van der Waals surface area (Å²) in [5, 5.41) is 0. The van der Waals surface area contributed by atoms with Gasteiger partial charge in [0.2, 0.25) is 5.96 Å². The minimum absolute atomic E-state index is 0.593. The lowest BCUT2D eigenvalue weighted by molar-refractivity contribution is 0.0835. The van der Waals surface area contributed by atoms with E-state index >= 15 is 0 Å². The normalized spacial score (nSPS) is 22.6. The van der Waals surface area contributed by atoms with E-state index in [9.17, 15) is 0 Å². The summed E-state index contributed by atoms with van der Waals surface area (Å²) >= 11 is 1.84. The number of guanidine groups is 1. The van der Waals surface area contributed by atoms with Crippen molar-refractivity contribution in [1.29, 1.82) is 0 Å². The van der Waals surface area contributed by atoms with Crippen LogP contribution in [0.4, 0.5) is 0 Å². The second-order valence-electron chi connectivity index (χ2n) is 8.77. The van der Waals surface area contributed by atoms with Gasteiger partial charge in [-0.2, -0.15) is 0 Å². The van der Waals surface area contributed by atoms with Crippen molar-refractivity contribution in [1.82, 2.24) is 14.1 Å². The summed E-state index contributed by atoms with van der Waals surface area (Å²) in [5.41, 5.74) is 1.41. The van der Waals surface area contributed by atoms with Crippen LogP contribution in [-0.4, -0.2) is 65.4 Å². The van der Waals surface area contributed by atoms with E-state index in [2.05, 4.69) is 52.2 Å². The van der Waals surface area contributed by atoms with Crippen molar-refractivity contribution in [3.63, 3.8) is 0 Å². The lowest BCUT2D eigenvalue weighted by atomic mass is 9.91. The third kappa shape index (κ3) is 5.24. The van der Waals surface area contributed by atoms with Crippen LogP contribution in [0.25, 0.3) is 0 Å². The Hall–Kier alpha value is -1.20. The Kier molecular flexibility index (Phi) is 6.84. The van der Waals surface area contributed by atoms with Crippen molar-refractivity contribution in [3.05, 3.63) is 29.8 Å². The molecule has 154 valence electrons. The first-order valence-electron chi connectivity index (χ1n) is 11.3. The summed E-state index contributed by atoms with van der Waals surface area (Å²) in [6.07, 6.45) is 8.75. The van der Waals surface area contributed by atoms with Gasteiger partial charge in [-0.3, -0.25) is 14.2 Å². The van der Waals surface area contributed by atoms with Crippen LogP contribution >= 0.6 is 11.9 Å². The van der Waals surface area contributed by atoms with Gasteiger partial charge in [-0.1, -0.05) is 51.7 Å². The lowest BCUT2D eigenvalue weighted by Gasteiger charge is -2.44. The van der Waals surface area contributed by atoms with Gasteiger partial charge in [-0.05, 0) is 48.4 Å². The first-order valence-corrected chi connectivity index (χ1v) is 12.1. The number of piperazine rings is 1. The van der Waals surface area contributed by atoms with E-state index in [0.29, 0.717) is 5.92 Å². The molecule has 4 nitrogen and oxygen atoms in total. The molecule has 2 aliphatic heterocycles. The van der Waals surface area contributed by atoms with Crippen molar-refractivity contribution >= 4 is 17.9 Å². The molecule has 0 atom stereocenters. The molecule has 0 N–H and O–H groups in total. The Bertz CT molecular complexity index is 640. The van der Waals surface area contributed by atoms with E-state index in [-0.39, 0.29) is 0 Å². The molecule has 28 heavy (non-hydrogen) atoms. The van der Waals surface area contributed by atoms with E-state index in [1.54, 1.807) is 0 Å². The Morgan fingerprint density at radius 1 is 0.893 bits per heavy atom. The molecule has 0 bridgehead atoms. The summed E-state index contributed by atoms with van der Waals surface area (Å²) < 4.78 is 2.39. The third-order valence-corrected chi connectivity index (χ3v) is 7.13. The number of rotatable bonds is 4. The highest BCUT2D eigenvalue weighted by Crippen LogP contribution is 2.29. The molecule has 1 aromatic rings. The number of nitrogens with zero attached hydrogens (tertiary/aromatic N) is 4. The molecule has 0 amide bonds. The Balaban J connectivity index is 0.000000586. The molecule has 2 saturated carbocycles. The van der Waals surface area contributed by atoms with Gasteiger partial charge in [0.15, 0.2) is 0 Å². The minimum atomic E-state index is 0.593. The fraction of sp³-hybridized carbons (Fsp3) is 0.696. The molecule has 4 aliphatic rings. The van der Waals surface area contributed by atoms with Crippen LogP contribution < -0.4 is 0 Å². The van der Waals surface area contributed by atoms with E-state index in [1.807, 2.05) is 11.9 Å².